The molecule has 0 N–H and O–H groups in total. The number of benzene rings is 1. The van der Waals surface area contributed by atoms with Crippen molar-refractivity contribution < 1.29 is 0 Å². The fraction of sp³-hybridized carbons (Fsp3) is 0.250. The number of pyridine rings is 1. The van der Waals surface area contributed by atoms with Gasteiger partial charge in [-0.3, -0.25) is 9.55 Å². The molecule has 6 heteroatoms. The van der Waals surface area contributed by atoms with Crippen LogP contribution in [0.15, 0.2) is 58.6 Å². The van der Waals surface area contributed by atoms with E-state index in [0.717, 1.165) is 46.3 Å². The van der Waals surface area contributed by atoms with Crippen LogP contribution in [-0.2, 0) is 25.1 Å². The first-order chi connectivity index (χ1) is 12.7. The Balaban J connectivity index is 1.61. The Morgan fingerprint density at radius 2 is 1.96 bits per heavy atom. The summed E-state index contributed by atoms with van der Waals surface area (Å²) >= 11 is 7.58. The molecule has 132 valence electrons. The fourth-order valence-corrected chi connectivity index (χ4v) is 4.43. The lowest BCUT2D eigenvalue weighted by Crippen LogP contribution is -2.27. The number of aromatic nitrogens is 3. The Hall–Kier alpha value is -2.11. The third kappa shape index (κ3) is 3.69. The van der Waals surface area contributed by atoms with Crippen LogP contribution in [0.4, 0.5) is 0 Å². The van der Waals surface area contributed by atoms with Gasteiger partial charge in [-0.1, -0.05) is 29.8 Å². The van der Waals surface area contributed by atoms with E-state index >= 15 is 0 Å². The Morgan fingerprint density at radius 1 is 1.12 bits per heavy atom. The smallest absolute Gasteiger partial charge is 0.291 e. The molecule has 0 unspecified atom stereocenters. The molecule has 4 rings (SSSR count). The molecule has 1 aromatic carbocycles. The third-order valence-electron chi connectivity index (χ3n) is 4.55. The molecule has 0 spiro atoms. The number of hydrogen-bond acceptors (Lipinski definition) is 4. The van der Waals surface area contributed by atoms with Crippen molar-refractivity contribution >= 4 is 23.4 Å². The average molecular weight is 384 g/mol. The molecule has 2 heterocycles. The summed E-state index contributed by atoms with van der Waals surface area (Å²) in [5.74, 6) is 0.780. The van der Waals surface area contributed by atoms with E-state index in [4.69, 9.17) is 11.6 Å². The Bertz CT molecular complexity index is 971. The molecule has 0 fully saturated rings. The summed E-state index contributed by atoms with van der Waals surface area (Å²) in [4.78, 5) is 21.2. The highest BCUT2D eigenvalue weighted by atomic mass is 35.5. The van der Waals surface area contributed by atoms with Crippen LogP contribution in [0.1, 0.15) is 28.8 Å². The predicted molar refractivity (Wildman–Crippen MR) is 105 cm³/mol. The molecule has 0 saturated carbocycles. The van der Waals surface area contributed by atoms with Gasteiger partial charge in [0.25, 0.3) is 0 Å². The minimum Gasteiger partial charge on any atom is -0.291 e. The van der Waals surface area contributed by atoms with Crippen molar-refractivity contribution in [2.24, 2.45) is 0 Å². The van der Waals surface area contributed by atoms with Gasteiger partial charge in [0.2, 0.25) is 0 Å². The molecule has 4 nitrogen and oxygen atoms in total. The van der Waals surface area contributed by atoms with Crippen molar-refractivity contribution in [3.8, 4) is 0 Å². The highest BCUT2D eigenvalue weighted by Crippen LogP contribution is 2.31. The number of rotatable bonds is 5. The van der Waals surface area contributed by atoms with Gasteiger partial charge in [-0.2, -0.15) is 4.98 Å². The van der Waals surface area contributed by atoms with Crippen molar-refractivity contribution in [3.63, 3.8) is 0 Å². The van der Waals surface area contributed by atoms with Crippen molar-refractivity contribution in [2.75, 3.05) is 0 Å². The van der Waals surface area contributed by atoms with E-state index in [0.29, 0.717) is 6.54 Å². The van der Waals surface area contributed by atoms with Crippen molar-refractivity contribution in [3.05, 3.63) is 86.7 Å². The Morgan fingerprint density at radius 3 is 2.73 bits per heavy atom. The molecule has 0 bridgehead atoms. The standard InChI is InChI=1S/C20H18ClN3OS/c21-16-8-6-14(7-9-16)13-26-19-17-4-1-5-18(17)24(20(25)23-19)12-15-3-2-10-22-11-15/h2-3,6-11H,1,4-5,12-13H2. The number of thioether (sulfide) groups is 1. The lowest BCUT2D eigenvalue weighted by molar-refractivity contribution is 0.665. The van der Waals surface area contributed by atoms with E-state index in [1.165, 1.54) is 11.1 Å². The summed E-state index contributed by atoms with van der Waals surface area (Å²) < 4.78 is 1.81. The van der Waals surface area contributed by atoms with E-state index in [1.807, 2.05) is 41.0 Å². The van der Waals surface area contributed by atoms with Crippen LogP contribution in [0.5, 0.6) is 0 Å². The number of hydrogen-bond donors (Lipinski definition) is 0. The monoisotopic (exact) mass is 383 g/mol. The van der Waals surface area contributed by atoms with Gasteiger partial charge >= 0.3 is 5.69 Å². The summed E-state index contributed by atoms with van der Waals surface area (Å²) in [6.07, 6.45) is 6.53. The third-order valence-corrected chi connectivity index (χ3v) is 5.89. The molecule has 0 atom stereocenters. The van der Waals surface area contributed by atoms with Crippen LogP contribution in [0.2, 0.25) is 5.02 Å². The molecule has 1 aliphatic carbocycles. The fourth-order valence-electron chi connectivity index (χ4n) is 3.28. The first-order valence-corrected chi connectivity index (χ1v) is 9.96. The van der Waals surface area contributed by atoms with Gasteiger partial charge in [-0.15, -0.1) is 11.8 Å². The number of nitrogens with zero attached hydrogens (tertiary/aromatic N) is 3. The number of halogens is 1. The van der Waals surface area contributed by atoms with Gasteiger partial charge in [-0.25, -0.2) is 4.79 Å². The van der Waals surface area contributed by atoms with E-state index in [2.05, 4.69) is 9.97 Å². The van der Waals surface area contributed by atoms with Crippen molar-refractivity contribution in [1.82, 2.24) is 14.5 Å². The molecule has 2 aromatic heterocycles. The lowest BCUT2D eigenvalue weighted by Gasteiger charge is -2.14. The van der Waals surface area contributed by atoms with Gasteiger partial charge in [0.05, 0.1) is 6.54 Å². The van der Waals surface area contributed by atoms with Crippen LogP contribution >= 0.6 is 23.4 Å². The predicted octanol–water partition coefficient (Wildman–Crippen LogP) is 4.12. The van der Waals surface area contributed by atoms with E-state index in [-0.39, 0.29) is 5.69 Å². The summed E-state index contributed by atoms with van der Waals surface area (Å²) in [5.41, 5.74) is 4.38. The second kappa shape index (κ2) is 7.64. The quantitative estimate of drug-likeness (QED) is 0.491. The van der Waals surface area contributed by atoms with E-state index in [9.17, 15) is 4.79 Å². The maximum Gasteiger partial charge on any atom is 0.349 e. The summed E-state index contributed by atoms with van der Waals surface area (Å²) in [5, 5.41) is 1.61. The second-order valence-corrected chi connectivity index (χ2v) is 7.74. The van der Waals surface area contributed by atoms with Crippen LogP contribution in [0.3, 0.4) is 0 Å². The molecule has 0 aliphatic heterocycles. The molecule has 26 heavy (non-hydrogen) atoms. The molecule has 1 aliphatic rings. The normalized spacial score (nSPS) is 13.0. The van der Waals surface area contributed by atoms with Gasteiger partial charge in [0, 0.05) is 34.4 Å². The molecular formula is C20H18ClN3OS. The minimum absolute atomic E-state index is 0.173. The van der Waals surface area contributed by atoms with Crippen molar-refractivity contribution in [1.29, 1.82) is 0 Å². The van der Waals surface area contributed by atoms with Crippen LogP contribution < -0.4 is 5.69 Å². The Kier molecular flexibility index (Phi) is 5.09. The highest BCUT2D eigenvalue weighted by molar-refractivity contribution is 7.98. The first kappa shape index (κ1) is 17.3. The minimum atomic E-state index is -0.173. The summed E-state index contributed by atoms with van der Waals surface area (Å²) in [6.45, 7) is 0.532. The first-order valence-electron chi connectivity index (χ1n) is 8.59. The van der Waals surface area contributed by atoms with E-state index < -0.39 is 0 Å². The molecule has 0 amide bonds. The average Bonchev–Trinajstić information content (AvgIpc) is 3.15. The maximum atomic E-state index is 12.7. The SMILES string of the molecule is O=c1nc(SCc2ccc(Cl)cc2)c2c(n1Cc1cccnc1)CCC2. The number of fused-ring (bicyclic) bond motifs is 1. The molecule has 3 aromatic rings. The second-order valence-electron chi connectivity index (χ2n) is 6.34. The zero-order chi connectivity index (χ0) is 17.9. The Labute approximate surface area is 161 Å². The zero-order valence-electron chi connectivity index (χ0n) is 14.2. The molecular weight excluding hydrogens is 366 g/mol. The van der Waals surface area contributed by atoms with Gasteiger partial charge in [-0.05, 0) is 48.6 Å². The summed E-state index contributed by atoms with van der Waals surface area (Å²) in [7, 11) is 0. The van der Waals surface area contributed by atoms with Crippen molar-refractivity contribution in [2.45, 2.75) is 36.6 Å². The van der Waals surface area contributed by atoms with Gasteiger partial charge in [0.1, 0.15) is 5.03 Å². The maximum absolute atomic E-state index is 12.7. The zero-order valence-corrected chi connectivity index (χ0v) is 15.8. The van der Waals surface area contributed by atoms with E-state index in [1.54, 1.807) is 24.2 Å². The lowest BCUT2D eigenvalue weighted by atomic mass is 10.2. The van der Waals surface area contributed by atoms with Gasteiger partial charge in [0.15, 0.2) is 0 Å². The molecule has 0 radical (unpaired) electrons. The highest BCUT2D eigenvalue weighted by Gasteiger charge is 2.22. The largest absolute Gasteiger partial charge is 0.349 e. The van der Waals surface area contributed by atoms with Crippen LogP contribution in [0.25, 0.3) is 0 Å². The topological polar surface area (TPSA) is 47.8 Å². The summed E-state index contributed by atoms with van der Waals surface area (Å²) in [6, 6.07) is 11.7. The van der Waals surface area contributed by atoms with Crippen LogP contribution in [-0.4, -0.2) is 14.5 Å². The van der Waals surface area contributed by atoms with Crippen LogP contribution in [0, 0.1) is 0 Å². The van der Waals surface area contributed by atoms with Gasteiger partial charge < -0.3 is 0 Å². The molecule has 0 saturated heterocycles.